The zero-order valence-corrected chi connectivity index (χ0v) is 7.05. The van der Waals surface area contributed by atoms with Crippen molar-refractivity contribution in [1.82, 2.24) is 4.98 Å². The molecule has 0 amide bonds. The molecular weight excluding hydrogens is 166 g/mol. The van der Waals surface area contributed by atoms with Crippen molar-refractivity contribution in [2.75, 3.05) is 5.32 Å². The number of hydrogen-bond donors (Lipinski definition) is 2. The Bertz CT molecular complexity index is 243. The van der Waals surface area contributed by atoms with Crippen LogP contribution in [0.25, 0.3) is 0 Å². The van der Waals surface area contributed by atoms with Crippen molar-refractivity contribution >= 4 is 33.8 Å². The summed E-state index contributed by atoms with van der Waals surface area (Å²) in [7, 11) is 0. The molecule has 0 atom stereocenters. The molecule has 5 heteroatoms. The highest BCUT2D eigenvalue weighted by Gasteiger charge is 1.96. The molecule has 0 saturated heterocycles. The first-order valence-corrected chi connectivity index (χ1v) is 3.90. The molecule has 0 saturated carbocycles. The van der Waals surface area contributed by atoms with Crippen molar-refractivity contribution in [3.63, 3.8) is 0 Å². The van der Waals surface area contributed by atoms with Crippen molar-refractivity contribution in [1.29, 1.82) is 0 Å². The maximum absolute atomic E-state index is 5.22. The average Bonchev–Trinajstić information content (AvgIpc) is 2.13. The van der Waals surface area contributed by atoms with E-state index < -0.39 is 0 Å². The number of nitrogens with two attached hydrogens (primary N) is 1. The Morgan fingerprint density at radius 3 is 3.00 bits per heavy atom. The smallest absolute Gasteiger partial charge is 0.189 e. The summed E-state index contributed by atoms with van der Waals surface area (Å²) in [6.07, 6.45) is 1.77. The van der Waals surface area contributed by atoms with Gasteiger partial charge in [0.15, 0.2) is 10.2 Å². The molecule has 1 aromatic heterocycles. The summed E-state index contributed by atoms with van der Waals surface area (Å²) in [4.78, 5) is 5.13. The molecule has 0 aliphatic heterocycles. The van der Waals surface area contributed by atoms with Crippen LogP contribution in [0, 0.1) is 6.92 Å². The Morgan fingerprint density at radius 1 is 1.90 bits per heavy atom. The van der Waals surface area contributed by atoms with E-state index in [4.69, 9.17) is 5.73 Å². The van der Waals surface area contributed by atoms with E-state index >= 15 is 0 Å². The van der Waals surface area contributed by atoms with E-state index in [1.165, 1.54) is 11.3 Å². The summed E-state index contributed by atoms with van der Waals surface area (Å²) in [5, 5.41) is 3.76. The summed E-state index contributed by atoms with van der Waals surface area (Å²) in [5.74, 6) is 0. The molecule has 1 heterocycles. The Balaban J connectivity index is 2.67. The Morgan fingerprint density at radius 2 is 2.60 bits per heavy atom. The summed E-state index contributed by atoms with van der Waals surface area (Å²) < 4.78 is 0. The molecule has 10 heavy (non-hydrogen) atoms. The van der Waals surface area contributed by atoms with Gasteiger partial charge >= 0.3 is 0 Å². The van der Waals surface area contributed by atoms with E-state index in [2.05, 4.69) is 22.5 Å². The minimum absolute atomic E-state index is 0.259. The van der Waals surface area contributed by atoms with Gasteiger partial charge in [-0.15, -0.1) is 11.3 Å². The fourth-order valence-corrected chi connectivity index (χ4v) is 1.36. The molecule has 1 aromatic rings. The molecule has 0 aliphatic rings. The fourth-order valence-electron chi connectivity index (χ4n) is 0.518. The van der Waals surface area contributed by atoms with Crippen molar-refractivity contribution in [3.05, 3.63) is 11.1 Å². The van der Waals surface area contributed by atoms with E-state index in [0.717, 1.165) is 10.0 Å². The monoisotopic (exact) mass is 173 g/mol. The zero-order valence-electron chi connectivity index (χ0n) is 5.42. The molecule has 3 nitrogen and oxygen atoms in total. The van der Waals surface area contributed by atoms with Crippen LogP contribution in [0.5, 0.6) is 0 Å². The summed E-state index contributed by atoms with van der Waals surface area (Å²) in [6, 6.07) is 0. The van der Waals surface area contributed by atoms with Crippen LogP contribution in [-0.2, 0) is 0 Å². The van der Waals surface area contributed by atoms with E-state index in [-0.39, 0.29) is 5.11 Å². The van der Waals surface area contributed by atoms with Gasteiger partial charge in [-0.3, -0.25) is 0 Å². The van der Waals surface area contributed by atoms with E-state index in [9.17, 15) is 0 Å². The minimum Gasteiger partial charge on any atom is -0.376 e. The van der Waals surface area contributed by atoms with Gasteiger partial charge < -0.3 is 11.1 Å². The van der Waals surface area contributed by atoms with Gasteiger partial charge in [0.25, 0.3) is 0 Å². The standard InChI is InChI=1S/C5H7N3S2/c1-3-2-7-5(10-3)8-4(6)9/h2H,1H3,(H3,6,7,8,9). The highest BCUT2D eigenvalue weighted by Crippen LogP contribution is 2.15. The lowest BCUT2D eigenvalue weighted by Crippen LogP contribution is -2.18. The number of anilines is 1. The molecular formula is C5H7N3S2. The van der Waals surface area contributed by atoms with Crippen molar-refractivity contribution < 1.29 is 0 Å². The minimum atomic E-state index is 0.259. The second kappa shape index (κ2) is 2.94. The van der Waals surface area contributed by atoms with Crippen LogP contribution >= 0.6 is 23.6 Å². The van der Waals surface area contributed by atoms with Crippen LogP contribution in [0.2, 0.25) is 0 Å². The van der Waals surface area contributed by atoms with E-state index in [1.54, 1.807) is 6.20 Å². The highest BCUT2D eigenvalue weighted by molar-refractivity contribution is 7.80. The second-order valence-electron chi connectivity index (χ2n) is 1.77. The lowest BCUT2D eigenvalue weighted by atomic mass is 10.7. The normalized spacial score (nSPS) is 9.30. The second-order valence-corrected chi connectivity index (χ2v) is 3.44. The molecule has 0 bridgehead atoms. The number of hydrogen-bond acceptors (Lipinski definition) is 3. The lowest BCUT2D eigenvalue weighted by Gasteiger charge is -1.94. The Labute approximate surface area is 68.3 Å². The summed E-state index contributed by atoms with van der Waals surface area (Å²) >= 11 is 6.15. The van der Waals surface area contributed by atoms with Gasteiger partial charge in [0.2, 0.25) is 0 Å². The predicted octanol–water partition coefficient (Wildman–Crippen LogP) is 1.11. The van der Waals surface area contributed by atoms with Crippen molar-refractivity contribution in [2.24, 2.45) is 5.73 Å². The van der Waals surface area contributed by atoms with Gasteiger partial charge in [0, 0.05) is 11.1 Å². The molecule has 0 aliphatic carbocycles. The maximum Gasteiger partial charge on any atom is 0.189 e. The van der Waals surface area contributed by atoms with Gasteiger partial charge in [0.05, 0.1) is 0 Å². The molecule has 0 aromatic carbocycles. The third-order valence-corrected chi connectivity index (χ3v) is 1.78. The van der Waals surface area contributed by atoms with Crippen LogP contribution in [0.1, 0.15) is 4.88 Å². The molecule has 3 N–H and O–H groups in total. The van der Waals surface area contributed by atoms with Crippen molar-refractivity contribution in [3.8, 4) is 0 Å². The van der Waals surface area contributed by atoms with E-state index in [1.807, 2.05) is 6.92 Å². The first kappa shape index (κ1) is 7.43. The number of thiocarbonyl (C=S) groups is 1. The fraction of sp³-hybridized carbons (Fsp3) is 0.200. The summed E-state index contributed by atoms with van der Waals surface area (Å²) in [5.41, 5.74) is 5.22. The first-order chi connectivity index (χ1) is 4.68. The number of nitrogens with zero attached hydrogens (tertiary/aromatic N) is 1. The third kappa shape index (κ3) is 1.93. The van der Waals surface area contributed by atoms with Gasteiger partial charge in [-0.05, 0) is 19.1 Å². The third-order valence-electron chi connectivity index (χ3n) is 0.851. The zero-order chi connectivity index (χ0) is 7.56. The quantitative estimate of drug-likeness (QED) is 0.625. The molecule has 1 rings (SSSR count). The molecule has 0 unspecified atom stereocenters. The number of nitrogens with one attached hydrogen (secondary N) is 1. The average molecular weight is 173 g/mol. The lowest BCUT2D eigenvalue weighted by molar-refractivity contribution is 1.38. The molecule has 0 spiro atoms. The number of thiazole rings is 1. The Hall–Kier alpha value is -0.680. The summed E-state index contributed by atoms with van der Waals surface area (Å²) in [6.45, 7) is 1.97. The maximum atomic E-state index is 5.22. The SMILES string of the molecule is Cc1cnc(NC(N)=S)s1. The van der Waals surface area contributed by atoms with Crippen LogP contribution in [0.3, 0.4) is 0 Å². The molecule has 0 radical (unpaired) electrons. The van der Waals surface area contributed by atoms with Crippen LogP contribution in [0.4, 0.5) is 5.13 Å². The largest absolute Gasteiger partial charge is 0.376 e. The van der Waals surface area contributed by atoms with Gasteiger partial charge in [0.1, 0.15) is 0 Å². The van der Waals surface area contributed by atoms with Crippen molar-refractivity contribution in [2.45, 2.75) is 6.92 Å². The van der Waals surface area contributed by atoms with E-state index in [0.29, 0.717) is 0 Å². The van der Waals surface area contributed by atoms with Crippen LogP contribution in [-0.4, -0.2) is 10.1 Å². The molecule has 54 valence electrons. The predicted molar refractivity (Wildman–Crippen MR) is 47.3 cm³/mol. The number of aryl methyl sites for hydroxylation is 1. The number of aromatic nitrogens is 1. The topological polar surface area (TPSA) is 50.9 Å². The first-order valence-electron chi connectivity index (χ1n) is 2.67. The van der Waals surface area contributed by atoms with Gasteiger partial charge in [-0.1, -0.05) is 0 Å². The Kier molecular flexibility index (Phi) is 2.18. The van der Waals surface area contributed by atoms with Crippen LogP contribution < -0.4 is 11.1 Å². The van der Waals surface area contributed by atoms with Gasteiger partial charge in [-0.2, -0.15) is 0 Å². The highest BCUT2D eigenvalue weighted by atomic mass is 32.1. The molecule has 0 fully saturated rings. The van der Waals surface area contributed by atoms with Gasteiger partial charge in [-0.25, -0.2) is 4.98 Å². The van der Waals surface area contributed by atoms with Crippen LogP contribution in [0.15, 0.2) is 6.20 Å². The number of rotatable bonds is 1.